The van der Waals surface area contributed by atoms with Crippen LogP contribution in [0.25, 0.3) is 0 Å². The van der Waals surface area contributed by atoms with E-state index in [0.29, 0.717) is 17.7 Å². The van der Waals surface area contributed by atoms with Gasteiger partial charge in [-0.3, -0.25) is 9.59 Å². The lowest BCUT2D eigenvalue weighted by Crippen LogP contribution is -2.14. The molecule has 0 unspecified atom stereocenters. The maximum atomic E-state index is 12.7. The molecular weight excluding hydrogens is 381 g/mol. The lowest BCUT2D eigenvalue weighted by molar-refractivity contribution is -0.137. The van der Waals surface area contributed by atoms with Gasteiger partial charge in [0.25, 0.3) is 0 Å². The van der Waals surface area contributed by atoms with Crippen LogP contribution in [-0.4, -0.2) is 11.6 Å². The largest absolute Gasteiger partial charge is 0.456 e. The molecule has 0 heterocycles. The molecule has 1 fully saturated rings. The second kappa shape index (κ2) is 7.35. The van der Waals surface area contributed by atoms with Crippen LogP contribution in [0.3, 0.4) is 0 Å². The Hall–Kier alpha value is -2.34. The first kappa shape index (κ1) is 19.4. The Bertz CT molecular complexity index is 890. The van der Waals surface area contributed by atoms with Gasteiger partial charge >= 0.3 is 6.18 Å². The van der Waals surface area contributed by atoms with Gasteiger partial charge in [0.15, 0.2) is 0 Å². The van der Waals surface area contributed by atoms with Crippen molar-refractivity contribution in [3.63, 3.8) is 0 Å². The quantitative estimate of drug-likeness (QED) is 0.620. The highest BCUT2D eigenvalue weighted by Crippen LogP contribution is 2.38. The zero-order valence-corrected chi connectivity index (χ0v) is 15.2. The van der Waals surface area contributed by atoms with Gasteiger partial charge in [-0.1, -0.05) is 24.6 Å². The van der Waals surface area contributed by atoms with Crippen molar-refractivity contribution >= 4 is 23.2 Å². The van der Waals surface area contributed by atoms with E-state index in [1.54, 1.807) is 18.2 Å². The van der Waals surface area contributed by atoms with E-state index >= 15 is 0 Å². The summed E-state index contributed by atoms with van der Waals surface area (Å²) in [7, 11) is 0. The van der Waals surface area contributed by atoms with Crippen LogP contribution in [0.1, 0.15) is 42.4 Å². The zero-order chi connectivity index (χ0) is 19.8. The van der Waals surface area contributed by atoms with Gasteiger partial charge in [0.2, 0.25) is 0 Å². The van der Waals surface area contributed by atoms with Crippen molar-refractivity contribution in [1.82, 2.24) is 0 Å². The Morgan fingerprint density at radius 1 is 1.07 bits per heavy atom. The van der Waals surface area contributed by atoms with Crippen LogP contribution in [0.15, 0.2) is 36.4 Å². The third kappa shape index (κ3) is 4.00. The van der Waals surface area contributed by atoms with Crippen molar-refractivity contribution in [2.75, 3.05) is 0 Å². The summed E-state index contributed by atoms with van der Waals surface area (Å²) in [5, 5.41) is -0.182. The molecule has 0 amide bonds. The second-order valence-corrected chi connectivity index (χ2v) is 6.73. The van der Waals surface area contributed by atoms with Crippen LogP contribution >= 0.6 is 11.6 Å². The van der Waals surface area contributed by atoms with Gasteiger partial charge in [-0.2, -0.15) is 13.2 Å². The number of ether oxygens (including phenoxy) is 1. The van der Waals surface area contributed by atoms with Crippen molar-refractivity contribution in [3.05, 3.63) is 58.1 Å². The van der Waals surface area contributed by atoms with Crippen LogP contribution in [0.5, 0.6) is 11.5 Å². The van der Waals surface area contributed by atoms with Gasteiger partial charge in [-0.25, -0.2) is 0 Å². The molecule has 0 N–H and O–H groups in total. The number of hydrogen-bond donors (Lipinski definition) is 0. The molecule has 0 aliphatic heterocycles. The maximum Gasteiger partial charge on any atom is 0.416 e. The molecule has 27 heavy (non-hydrogen) atoms. The number of carbonyl (C=O) groups excluding carboxylic acids is 2. The molecule has 0 aromatic heterocycles. The molecule has 1 aliphatic rings. The highest BCUT2D eigenvalue weighted by atomic mass is 35.5. The molecule has 0 saturated heterocycles. The smallest absolute Gasteiger partial charge is 0.416 e. The number of hydrogen-bond acceptors (Lipinski definition) is 3. The molecule has 2 aromatic rings. The minimum Gasteiger partial charge on any atom is -0.456 e. The number of aryl methyl sites for hydroxylation is 1. The molecule has 3 rings (SSSR count). The van der Waals surface area contributed by atoms with Gasteiger partial charge < -0.3 is 4.74 Å². The number of rotatable bonds is 4. The molecular formula is C20H16ClF3O3. The van der Waals surface area contributed by atoms with E-state index in [2.05, 4.69) is 0 Å². The second-order valence-electron chi connectivity index (χ2n) is 6.32. The number of halogens is 4. The Morgan fingerprint density at radius 3 is 2.30 bits per heavy atom. The number of Topliss-reactive ketones (excluding diaryl/α,β-unsaturated/α-hetero) is 2. The molecule has 0 spiro atoms. The number of ketones is 2. The van der Waals surface area contributed by atoms with E-state index in [9.17, 15) is 22.8 Å². The third-order valence-corrected chi connectivity index (χ3v) is 4.85. The first-order valence-electron chi connectivity index (χ1n) is 8.43. The molecule has 0 atom stereocenters. The lowest BCUT2D eigenvalue weighted by atomic mass is 9.90. The molecule has 0 radical (unpaired) electrons. The summed E-state index contributed by atoms with van der Waals surface area (Å²) in [5.74, 6) is -0.689. The predicted molar refractivity (Wildman–Crippen MR) is 94.3 cm³/mol. The molecule has 1 aliphatic carbocycles. The van der Waals surface area contributed by atoms with Crippen molar-refractivity contribution in [2.24, 2.45) is 0 Å². The van der Waals surface area contributed by atoms with E-state index in [1.807, 2.05) is 6.92 Å². The molecule has 3 nitrogen and oxygen atoms in total. The molecule has 0 bridgehead atoms. The Balaban J connectivity index is 1.93. The Morgan fingerprint density at radius 2 is 1.74 bits per heavy atom. The maximum absolute atomic E-state index is 12.7. The molecule has 7 heteroatoms. The van der Waals surface area contributed by atoms with Gasteiger partial charge in [0, 0.05) is 12.8 Å². The summed E-state index contributed by atoms with van der Waals surface area (Å²) in [6.07, 6.45) is -3.42. The Kier molecular flexibility index (Phi) is 5.29. The molecule has 2 aromatic carbocycles. The van der Waals surface area contributed by atoms with Gasteiger partial charge in [-0.05, 0) is 47.9 Å². The standard InChI is InChI=1S/C20H16ClF3O3/c1-2-11-3-5-13(10-14(11)19-16(25)6-7-17(19)26)27-18-8-4-12(9-15(18)21)20(22,23)24/h3-5,8-10,19H,2,6-7H2,1H3. The van der Waals surface area contributed by atoms with Gasteiger partial charge in [-0.15, -0.1) is 0 Å². The average molecular weight is 397 g/mol. The summed E-state index contributed by atoms with van der Waals surface area (Å²) in [4.78, 5) is 24.2. The van der Waals surface area contributed by atoms with Crippen molar-refractivity contribution in [3.8, 4) is 11.5 Å². The monoisotopic (exact) mass is 396 g/mol. The molecule has 1 saturated carbocycles. The van der Waals surface area contributed by atoms with E-state index in [0.717, 1.165) is 23.8 Å². The fourth-order valence-electron chi connectivity index (χ4n) is 3.18. The fraction of sp³-hybridized carbons (Fsp3) is 0.300. The van der Waals surface area contributed by atoms with Crippen LogP contribution in [0, 0.1) is 0 Å². The molecule has 142 valence electrons. The third-order valence-electron chi connectivity index (χ3n) is 4.56. The van der Waals surface area contributed by atoms with Gasteiger partial charge in [0.1, 0.15) is 29.0 Å². The van der Waals surface area contributed by atoms with Crippen LogP contribution in [0.2, 0.25) is 5.02 Å². The SMILES string of the molecule is CCc1ccc(Oc2ccc(C(F)(F)F)cc2Cl)cc1C1C(=O)CCC1=O. The van der Waals surface area contributed by atoms with Crippen molar-refractivity contribution < 1.29 is 27.5 Å². The highest BCUT2D eigenvalue weighted by Gasteiger charge is 2.35. The minimum absolute atomic E-state index is 0.0592. The summed E-state index contributed by atoms with van der Waals surface area (Å²) in [6, 6.07) is 7.81. The minimum atomic E-state index is -4.50. The van der Waals surface area contributed by atoms with E-state index < -0.39 is 17.7 Å². The topological polar surface area (TPSA) is 43.4 Å². The van der Waals surface area contributed by atoms with Crippen LogP contribution in [-0.2, 0) is 22.2 Å². The fourth-order valence-corrected chi connectivity index (χ4v) is 3.39. The van der Waals surface area contributed by atoms with E-state index in [4.69, 9.17) is 16.3 Å². The zero-order valence-electron chi connectivity index (χ0n) is 14.4. The summed E-state index contributed by atoms with van der Waals surface area (Å²) >= 11 is 5.92. The first-order valence-corrected chi connectivity index (χ1v) is 8.81. The number of benzene rings is 2. The summed E-state index contributed by atoms with van der Waals surface area (Å²) < 4.78 is 43.9. The van der Waals surface area contributed by atoms with Crippen LogP contribution in [0.4, 0.5) is 13.2 Å². The number of carbonyl (C=O) groups is 2. The Labute approximate surface area is 159 Å². The summed E-state index contributed by atoms with van der Waals surface area (Å²) in [5.41, 5.74) is 0.573. The average Bonchev–Trinajstić information content (AvgIpc) is 2.94. The predicted octanol–water partition coefficient (Wildman–Crippen LogP) is 5.73. The summed E-state index contributed by atoms with van der Waals surface area (Å²) in [6.45, 7) is 1.91. The normalized spacial score (nSPS) is 15.4. The number of alkyl halides is 3. The van der Waals surface area contributed by atoms with Gasteiger partial charge in [0.05, 0.1) is 10.6 Å². The lowest BCUT2D eigenvalue weighted by Gasteiger charge is -2.16. The van der Waals surface area contributed by atoms with Crippen molar-refractivity contribution in [2.45, 2.75) is 38.3 Å². The van der Waals surface area contributed by atoms with Crippen molar-refractivity contribution in [1.29, 1.82) is 0 Å². The van der Waals surface area contributed by atoms with Crippen LogP contribution < -0.4 is 4.74 Å². The first-order chi connectivity index (χ1) is 12.7. The van der Waals surface area contributed by atoms with E-state index in [-0.39, 0.29) is 35.2 Å². The van der Waals surface area contributed by atoms with E-state index in [1.165, 1.54) is 0 Å². The highest BCUT2D eigenvalue weighted by molar-refractivity contribution is 6.32.